The summed E-state index contributed by atoms with van der Waals surface area (Å²) in [6.07, 6.45) is 0.488. The van der Waals surface area contributed by atoms with Crippen LogP contribution in [0.25, 0.3) is 0 Å². The fraction of sp³-hybridized carbons (Fsp3) is 0.625. The first-order valence-electron chi connectivity index (χ1n) is 7.05. The lowest BCUT2D eigenvalue weighted by molar-refractivity contribution is -0.137. The average molecular weight is 285 g/mol. The Morgan fingerprint density at radius 3 is 2.20 bits per heavy atom. The number of alkyl halides is 3. The molecule has 1 nitrogen and oxygen atoms in total. The number of nitrogens with two attached hydrogens (primary N) is 1. The molecule has 1 saturated carbocycles. The van der Waals surface area contributed by atoms with Crippen LogP contribution >= 0.6 is 0 Å². The van der Waals surface area contributed by atoms with Crippen molar-refractivity contribution in [2.24, 2.45) is 11.1 Å². The van der Waals surface area contributed by atoms with Gasteiger partial charge in [-0.2, -0.15) is 13.2 Å². The van der Waals surface area contributed by atoms with Crippen LogP contribution in [0.2, 0.25) is 0 Å². The Labute approximate surface area is 118 Å². The first-order chi connectivity index (χ1) is 9.10. The maximum Gasteiger partial charge on any atom is 0.416 e. The van der Waals surface area contributed by atoms with E-state index in [9.17, 15) is 13.2 Å². The highest BCUT2D eigenvalue weighted by Crippen LogP contribution is 2.41. The second-order valence-corrected chi connectivity index (χ2v) is 6.93. The minimum atomic E-state index is -4.27. The lowest BCUT2D eigenvalue weighted by Gasteiger charge is -2.42. The Balaban J connectivity index is 2.10. The fourth-order valence-corrected chi connectivity index (χ4v) is 3.42. The van der Waals surface area contributed by atoms with Crippen molar-refractivity contribution in [3.8, 4) is 0 Å². The van der Waals surface area contributed by atoms with Gasteiger partial charge in [-0.1, -0.05) is 32.4 Å². The van der Waals surface area contributed by atoms with Crippen molar-refractivity contribution in [1.82, 2.24) is 0 Å². The van der Waals surface area contributed by atoms with Gasteiger partial charge in [0.2, 0.25) is 0 Å². The SMILES string of the molecule is CC1(C)CCCC(N)(Cc2ccc(C(F)(F)F)cc2)C1. The molecule has 1 aromatic carbocycles. The quantitative estimate of drug-likeness (QED) is 0.848. The van der Waals surface area contributed by atoms with Gasteiger partial charge in [0.15, 0.2) is 0 Å². The first-order valence-corrected chi connectivity index (χ1v) is 7.05. The van der Waals surface area contributed by atoms with Crippen molar-refractivity contribution in [1.29, 1.82) is 0 Å². The number of hydrogen-bond acceptors (Lipinski definition) is 1. The van der Waals surface area contributed by atoms with Gasteiger partial charge in [-0.05, 0) is 48.8 Å². The van der Waals surface area contributed by atoms with Gasteiger partial charge in [-0.15, -0.1) is 0 Å². The highest BCUT2D eigenvalue weighted by molar-refractivity contribution is 5.26. The molecule has 0 radical (unpaired) electrons. The first kappa shape index (κ1) is 15.4. The minimum Gasteiger partial charge on any atom is -0.325 e. The zero-order chi connectivity index (χ0) is 15.0. The van der Waals surface area contributed by atoms with E-state index in [4.69, 9.17) is 5.73 Å². The molecule has 0 aliphatic heterocycles. The Bertz CT molecular complexity index is 462. The molecule has 0 saturated heterocycles. The predicted octanol–water partition coefficient (Wildman–Crippen LogP) is 4.55. The van der Waals surface area contributed by atoms with Crippen LogP contribution in [0.5, 0.6) is 0 Å². The number of benzene rings is 1. The number of hydrogen-bond donors (Lipinski definition) is 1. The van der Waals surface area contributed by atoms with Crippen LogP contribution in [0, 0.1) is 5.41 Å². The van der Waals surface area contributed by atoms with Crippen molar-refractivity contribution in [2.45, 2.75) is 57.7 Å². The van der Waals surface area contributed by atoms with E-state index in [0.29, 0.717) is 6.42 Å². The van der Waals surface area contributed by atoms with E-state index in [1.54, 1.807) is 12.1 Å². The van der Waals surface area contributed by atoms with E-state index in [1.165, 1.54) is 6.42 Å². The fourth-order valence-electron chi connectivity index (χ4n) is 3.42. The molecule has 1 aliphatic rings. The Morgan fingerprint density at radius 1 is 1.10 bits per heavy atom. The zero-order valence-electron chi connectivity index (χ0n) is 12.1. The molecule has 0 aromatic heterocycles. The molecule has 4 heteroatoms. The van der Waals surface area contributed by atoms with E-state index in [-0.39, 0.29) is 11.0 Å². The Hall–Kier alpha value is -1.03. The van der Waals surface area contributed by atoms with Crippen molar-refractivity contribution >= 4 is 0 Å². The molecule has 0 bridgehead atoms. The smallest absolute Gasteiger partial charge is 0.325 e. The molecular weight excluding hydrogens is 263 g/mol. The van der Waals surface area contributed by atoms with Crippen LogP contribution in [0.1, 0.15) is 50.7 Å². The van der Waals surface area contributed by atoms with Gasteiger partial charge >= 0.3 is 6.18 Å². The van der Waals surface area contributed by atoms with Gasteiger partial charge in [0.1, 0.15) is 0 Å². The average Bonchev–Trinajstić information content (AvgIpc) is 2.25. The van der Waals surface area contributed by atoms with Crippen LogP contribution in [0.3, 0.4) is 0 Å². The van der Waals surface area contributed by atoms with Gasteiger partial charge < -0.3 is 5.73 Å². The monoisotopic (exact) mass is 285 g/mol. The highest BCUT2D eigenvalue weighted by Gasteiger charge is 2.37. The van der Waals surface area contributed by atoms with Crippen molar-refractivity contribution in [2.75, 3.05) is 0 Å². The predicted molar refractivity (Wildman–Crippen MR) is 74.3 cm³/mol. The maximum atomic E-state index is 12.5. The number of rotatable bonds is 2. The minimum absolute atomic E-state index is 0.221. The van der Waals surface area contributed by atoms with Crippen LogP contribution in [0.4, 0.5) is 13.2 Å². The Kier molecular flexibility index (Phi) is 3.89. The maximum absolute atomic E-state index is 12.5. The molecule has 112 valence electrons. The van der Waals surface area contributed by atoms with E-state index < -0.39 is 11.7 Å². The summed E-state index contributed by atoms with van der Waals surface area (Å²) >= 11 is 0. The summed E-state index contributed by atoms with van der Waals surface area (Å²) in [5.74, 6) is 0. The highest BCUT2D eigenvalue weighted by atomic mass is 19.4. The summed E-state index contributed by atoms with van der Waals surface area (Å²) in [4.78, 5) is 0. The van der Waals surface area contributed by atoms with Gasteiger partial charge in [0.25, 0.3) is 0 Å². The molecule has 0 amide bonds. The summed E-state index contributed by atoms with van der Waals surface area (Å²) in [6, 6.07) is 5.40. The van der Waals surface area contributed by atoms with Crippen LogP contribution in [0.15, 0.2) is 24.3 Å². The summed E-state index contributed by atoms with van der Waals surface area (Å²) in [5.41, 5.74) is 6.69. The molecule has 1 unspecified atom stereocenters. The zero-order valence-corrected chi connectivity index (χ0v) is 12.1. The molecule has 2 N–H and O–H groups in total. The summed E-state index contributed by atoms with van der Waals surface area (Å²) < 4.78 is 37.6. The normalized spacial score (nSPS) is 26.5. The van der Waals surface area contributed by atoms with Crippen molar-refractivity contribution in [3.63, 3.8) is 0 Å². The van der Waals surface area contributed by atoms with Crippen LogP contribution in [-0.4, -0.2) is 5.54 Å². The molecule has 0 heterocycles. The molecule has 1 atom stereocenters. The van der Waals surface area contributed by atoms with E-state index >= 15 is 0 Å². The molecule has 2 rings (SSSR count). The standard InChI is InChI=1S/C16H22F3N/c1-14(2)8-3-9-15(20,11-14)10-12-4-6-13(7-5-12)16(17,18)19/h4-7H,3,8-11,20H2,1-2H3. The summed E-state index contributed by atoms with van der Waals surface area (Å²) in [6.45, 7) is 4.42. The molecule has 1 fully saturated rings. The van der Waals surface area contributed by atoms with Gasteiger partial charge in [0, 0.05) is 5.54 Å². The van der Waals surface area contributed by atoms with E-state index in [0.717, 1.165) is 37.0 Å². The van der Waals surface area contributed by atoms with Crippen LogP contribution in [-0.2, 0) is 12.6 Å². The second kappa shape index (κ2) is 5.06. The van der Waals surface area contributed by atoms with Crippen LogP contribution < -0.4 is 5.73 Å². The lowest BCUT2D eigenvalue weighted by Crippen LogP contribution is -2.48. The van der Waals surface area contributed by atoms with Gasteiger partial charge in [-0.3, -0.25) is 0 Å². The van der Waals surface area contributed by atoms with E-state index in [1.807, 2.05) is 0 Å². The topological polar surface area (TPSA) is 26.0 Å². The van der Waals surface area contributed by atoms with E-state index in [2.05, 4.69) is 13.8 Å². The molecule has 1 aromatic rings. The van der Waals surface area contributed by atoms with Crippen molar-refractivity contribution in [3.05, 3.63) is 35.4 Å². The molecule has 0 spiro atoms. The number of halogens is 3. The summed E-state index contributed by atoms with van der Waals surface area (Å²) in [5, 5.41) is 0. The second-order valence-electron chi connectivity index (χ2n) is 6.93. The molecular formula is C16H22F3N. The largest absolute Gasteiger partial charge is 0.416 e. The third-order valence-electron chi connectivity index (χ3n) is 4.20. The van der Waals surface area contributed by atoms with Gasteiger partial charge in [0.05, 0.1) is 5.56 Å². The Morgan fingerprint density at radius 2 is 1.70 bits per heavy atom. The third-order valence-corrected chi connectivity index (χ3v) is 4.20. The molecule has 1 aliphatic carbocycles. The third kappa shape index (κ3) is 3.75. The van der Waals surface area contributed by atoms with Crippen molar-refractivity contribution < 1.29 is 13.2 Å². The summed E-state index contributed by atoms with van der Waals surface area (Å²) in [7, 11) is 0. The molecule has 20 heavy (non-hydrogen) atoms. The lowest BCUT2D eigenvalue weighted by atomic mass is 9.66. The van der Waals surface area contributed by atoms with Gasteiger partial charge in [-0.25, -0.2) is 0 Å².